The molecule has 0 saturated carbocycles. The van der Waals surface area contributed by atoms with E-state index in [1.165, 1.54) is 7.11 Å². The monoisotopic (exact) mass is 372 g/mol. The number of aromatic nitrogens is 2. The molecular formula is C19H24N4O4. The molecule has 4 heterocycles. The molecule has 1 saturated heterocycles. The summed E-state index contributed by atoms with van der Waals surface area (Å²) in [6.45, 7) is 4.46. The third kappa shape index (κ3) is 2.98. The molecule has 2 bridgehead atoms. The summed E-state index contributed by atoms with van der Waals surface area (Å²) in [7, 11) is 1.50. The molecule has 1 aromatic heterocycles. The van der Waals surface area contributed by atoms with E-state index in [1.807, 2.05) is 6.92 Å². The van der Waals surface area contributed by atoms with E-state index in [4.69, 9.17) is 9.47 Å². The molecule has 0 amide bonds. The van der Waals surface area contributed by atoms with E-state index in [2.05, 4.69) is 15.1 Å². The predicted octanol–water partition coefficient (Wildman–Crippen LogP) is 3.87. The Morgan fingerprint density at radius 2 is 2.15 bits per heavy atom. The minimum atomic E-state index is -0.418. The Hall–Kier alpha value is -2.77. The van der Waals surface area contributed by atoms with Crippen molar-refractivity contribution in [2.24, 2.45) is 0 Å². The van der Waals surface area contributed by atoms with Gasteiger partial charge in [0.05, 0.1) is 30.0 Å². The number of benzene rings is 1. The largest absolute Gasteiger partial charge is 0.493 e. The van der Waals surface area contributed by atoms with E-state index in [-0.39, 0.29) is 11.4 Å². The number of nitro benzene ring substituents is 1. The summed E-state index contributed by atoms with van der Waals surface area (Å²) in [5, 5.41) is 19.4. The third-order valence-electron chi connectivity index (χ3n) is 5.46. The number of anilines is 1. The van der Waals surface area contributed by atoms with Crippen molar-refractivity contribution in [2.45, 2.75) is 38.5 Å². The molecule has 3 aliphatic heterocycles. The molecule has 8 heteroatoms. The number of rotatable bonds is 7. The average molecular weight is 372 g/mol. The summed E-state index contributed by atoms with van der Waals surface area (Å²) >= 11 is 0. The van der Waals surface area contributed by atoms with Gasteiger partial charge in [-0.1, -0.05) is 13.3 Å². The highest BCUT2D eigenvalue weighted by atomic mass is 16.6. The fourth-order valence-electron chi connectivity index (χ4n) is 4.02. The summed E-state index contributed by atoms with van der Waals surface area (Å²) < 4.78 is 11.1. The van der Waals surface area contributed by atoms with Crippen LogP contribution in [0.2, 0.25) is 0 Å². The van der Waals surface area contributed by atoms with Crippen LogP contribution in [0.25, 0.3) is 11.3 Å². The van der Waals surface area contributed by atoms with Crippen LogP contribution in [-0.4, -0.2) is 41.9 Å². The van der Waals surface area contributed by atoms with Crippen molar-refractivity contribution < 1.29 is 14.4 Å². The van der Waals surface area contributed by atoms with Crippen LogP contribution in [0.5, 0.6) is 11.5 Å². The first-order valence-corrected chi connectivity index (χ1v) is 9.46. The van der Waals surface area contributed by atoms with Crippen molar-refractivity contribution >= 4 is 11.4 Å². The van der Waals surface area contributed by atoms with Crippen LogP contribution in [0.3, 0.4) is 0 Å². The minimum Gasteiger partial charge on any atom is -0.493 e. The highest BCUT2D eigenvalue weighted by Crippen LogP contribution is 2.48. The first-order valence-electron chi connectivity index (χ1n) is 9.46. The van der Waals surface area contributed by atoms with Crippen molar-refractivity contribution in [1.82, 2.24) is 10.2 Å². The number of nitro groups is 1. The fourth-order valence-corrected chi connectivity index (χ4v) is 4.02. The Balaban J connectivity index is 1.79. The standard InChI is InChI=1S/C19H24N4O4/c1-3-4-9-27-19-14(23(24)25)10-13(11-15(19)26-2)17-18-16(20-21-17)12-5-7-22(18)8-6-12/h10-12H,3-9H2,1-2H3,(H,20,21). The molecule has 144 valence electrons. The smallest absolute Gasteiger partial charge is 0.315 e. The predicted molar refractivity (Wildman–Crippen MR) is 102 cm³/mol. The van der Waals surface area contributed by atoms with Crippen molar-refractivity contribution in [3.8, 4) is 22.8 Å². The maximum Gasteiger partial charge on any atom is 0.315 e. The number of nitrogens with one attached hydrogen (secondary N) is 1. The lowest BCUT2D eigenvalue weighted by atomic mass is 9.86. The number of methoxy groups -OCH3 is 1. The maximum absolute atomic E-state index is 11.7. The van der Waals surface area contributed by atoms with E-state index in [0.29, 0.717) is 23.8 Å². The number of unbranched alkanes of at least 4 members (excludes halogenated alkanes) is 1. The molecule has 0 spiro atoms. The van der Waals surface area contributed by atoms with Gasteiger partial charge in [-0.2, -0.15) is 5.10 Å². The van der Waals surface area contributed by atoms with Crippen molar-refractivity contribution in [2.75, 3.05) is 31.7 Å². The molecule has 0 aliphatic carbocycles. The lowest BCUT2D eigenvalue weighted by Crippen LogP contribution is -2.38. The van der Waals surface area contributed by atoms with E-state index in [9.17, 15) is 10.1 Å². The van der Waals surface area contributed by atoms with Crippen LogP contribution in [0.15, 0.2) is 12.1 Å². The number of H-pyrrole nitrogens is 1. The number of piperidine rings is 1. The van der Waals surface area contributed by atoms with Crippen molar-refractivity contribution in [3.63, 3.8) is 0 Å². The Bertz CT molecular complexity index is 856. The van der Waals surface area contributed by atoms with Crippen LogP contribution in [0.1, 0.15) is 44.2 Å². The molecule has 0 atom stereocenters. The Morgan fingerprint density at radius 3 is 2.81 bits per heavy atom. The zero-order chi connectivity index (χ0) is 19.0. The molecule has 1 N–H and O–H groups in total. The molecule has 3 aliphatic rings. The molecule has 1 aromatic carbocycles. The quantitative estimate of drug-likeness (QED) is 0.450. The van der Waals surface area contributed by atoms with Gasteiger partial charge in [0.2, 0.25) is 5.75 Å². The van der Waals surface area contributed by atoms with Crippen LogP contribution in [0.4, 0.5) is 11.4 Å². The van der Waals surface area contributed by atoms with Crippen LogP contribution in [-0.2, 0) is 0 Å². The summed E-state index contributed by atoms with van der Waals surface area (Å²) in [6, 6.07) is 3.33. The molecule has 0 radical (unpaired) electrons. The van der Waals surface area contributed by atoms with Crippen LogP contribution < -0.4 is 14.4 Å². The van der Waals surface area contributed by atoms with Gasteiger partial charge in [0.1, 0.15) is 5.69 Å². The average Bonchev–Trinajstić information content (AvgIpc) is 3.16. The summed E-state index contributed by atoms with van der Waals surface area (Å²) in [5.74, 6) is 1.05. The van der Waals surface area contributed by atoms with Gasteiger partial charge >= 0.3 is 5.69 Å². The number of ether oxygens (including phenoxy) is 2. The van der Waals surface area contributed by atoms with Gasteiger partial charge in [0, 0.05) is 30.6 Å². The van der Waals surface area contributed by atoms with Gasteiger partial charge in [0.15, 0.2) is 5.75 Å². The second-order valence-corrected chi connectivity index (χ2v) is 7.08. The summed E-state index contributed by atoms with van der Waals surface area (Å²) in [6.07, 6.45) is 4.03. The van der Waals surface area contributed by atoms with Crippen LogP contribution >= 0.6 is 0 Å². The number of hydrogen-bond acceptors (Lipinski definition) is 6. The normalized spacial score (nSPS) is 15.7. The van der Waals surface area contributed by atoms with Gasteiger partial charge in [0.25, 0.3) is 0 Å². The van der Waals surface area contributed by atoms with Crippen molar-refractivity contribution in [1.29, 1.82) is 0 Å². The maximum atomic E-state index is 11.7. The van der Waals surface area contributed by atoms with Gasteiger partial charge in [-0.15, -0.1) is 0 Å². The third-order valence-corrected chi connectivity index (χ3v) is 5.46. The molecule has 2 aromatic rings. The SMILES string of the molecule is CCCCOc1c(OC)cc(-c2n[nH]c3c2N2CCC3CC2)cc1[N+](=O)[O-]. The van der Waals surface area contributed by atoms with Gasteiger partial charge < -0.3 is 14.4 Å². The van der Waals surface area contributed by atoms with E-state index in [1.54, 1.807) is 12.1 Å². The zero-order valence-electron chi connectivity index (χ0n) is 15.7. The number of fused-ring (bicyclic) bond motifs is 2. The Morgan fingerprint density at radius 1 is 1.37 bits per heavy atom. The summed E-state index contributed by atoms with van der Waals surface area (Å²) in [5.41, 5.74) is 3.55. The number of aromatic amines is 1. The second-order valence-electron chi connectivity index (χ2n) is 7.08. The van der Waals surface area contributed by atoms with Gasteiger partial charge in [-0.3, -0.25) is 15.2 Å². The van der Waals surface area contributed by atoms with Gasteiger partial charge in [-0.05, 0) is 25.3 Å². The molecule has 1 fully saturated rings. The Labute approximate surface area is 157 Å². The minimum absolute atomic E-state index is 0.0897. The second kappa shape index (κ2) is 7.09. The highest BCUT2D eigenvalue weighted by Gasteiger charge is 2.36. The summed E-state index contributed by atoms with van der Waals surface area (Å²) in [4.78, 5) is 13.6. The van der Waals surface area contributed by atoms with Crippen LogP contribution in [0, 0.1) is 10.1 Å². The lowest BCUT2D eigenvalue weighted by Gasteiger charge is -2.40. The number of nitrogens with zero attached hydrogens (tertiary/aromatic N) is 3. The van der Waals surface area contributed by atoms with Gasteiger partial charge in [-0.25, -0.2) is 0 Å². The molecule has 27 heavy (non-hydrogen) atoms. The molecular weight excluding hydrogens is 348 g/mol. The highest BCUT2D eigenvalue weighted by molar-refractivity contribution is 5.82. The Kier molecular flexibility index (Phi) is 4.63. The molecule has 5 rings (SSSR count). The number of hydrogen-bond donors (Lipinski definition) is 1. The molecule has 8 nitrogen and oxygen atoms in total. The fraction of sp³-hybridized carbons (Fsp3) is 0.526. The topological polar surface area (TPSA) is 93.5 Å². The lowest BCUT2D eigenvalue weighted by molar-refractivity contribution is -0.385. The first kappa shape index (κ1) is 17.6. The van der Waals surface area contributed by atoms with E-state index in [0.717, 1.165) is 55.8 Å². The van der Waals surface area contributed by atoms with Crippen molar-refractivity contribution in [3.05, 3.63) is 27.9 Å². The first-order chi connectivity index (χ1) is 13.1. The zero-order valence-corrected chi connectivity index (χ0v) is 15.7. The van der Waals surface area contributed by atoms with E-state index < -0.39 is 4.92 Å². The van der Waals surface area contributed by atoms with E-state index >= 15 is 0 Å². The molecule has 0 unspecified atom stereocenters.